The van der Waals surface area contributed by atoms with Crippen LogP contribution in [0, 0.1) is 5.82 Å². The van der Waals surface area contributed by atoms with Gasteiger partial charge in [-0.25, -0.2) is 9.37 Å². The summed E-state index contributed by atoms with van der Waals surface area (Å²) in [6.45, 7) is 2.37. The Morgan fingerprint density at radius 1 is 1.16 bits per heavy atom. The van der Waals surface area contributed by atoms with Crippen LogP contribution in [0.4, 0.5) is 10.2 Å². The molecule has 32 heavy (non-hydrogen) atoms. The molecule has 0 unspecified atom stereocenters. The highest BCUT2D eigenvalue weighted by Gasteiger charge is 2.31. The van der Waals surface area contributed by atoms with Gasteiger partial charge in [0.25, 0.3) is 5.56 Å². The maximum atomic E-state index is 13.1. The smallest absolute Gasteiger partial charge is 0.257 e. The fourth-order valence-electron chi connectivity index (χ4n) is 3.61. The second kappa shape index (κ2) is 9.44. The minimum atomic E-state index is -0.462. The number of ether oxygens (including phenoxy) is 2. The van der Waals surface area contributed by atoms with Gasteiger partial charge in [0.15, 0.2) is 16.7 Å². The molecule has 0 saturated heterocycles. The Kier molecular flexibility index (Phi) is 6.45. The third kappa shape index (κ3) is 4.62. The molecular weight excluding hydrogens is 433 g/mol. The Morgan fingerprint density at radius 2 is 1.94 bits per heavy atom. The largest absolute Gasteiger partial charge is 0.493 e. The molecule has 2 heterocycles. The van der Waals surface area contributed by atoms with Crippen LogP contribution in [0.15, 0.2) is 52.4 Å². The number of aromatic amines is 1. The van der Waals surface area contributed by atoms with Gasteiger partial charge in [-0.05, 0) is 42.3 Å². The predicted molar refractivity (Wildman–Crippen MR) is 120 cm³/mol. The number of anilines is 1. The maximum absolute atomic E-state index is 13.1. The summed E-state index contributed by atoms with van der Waals surface area (Å²) in [4.78, 5) is 32.7. The molecule has 0 fully saturated rings. The number of fused-ring (bicyclic) bond motifs is 1. The van der Waals surface area contributed by atoms with Gasteiger partial charge in [-0.2, -0.15) is 0 Å². The predicted octanol–water partition coefficient (Wildman–Crippen LogP) is 4.08. The van der Waals surface area contributed by atoms with Crippen LogP contribution in [0.25, 0.3) is 0 Å². The van der Waals surface area contributed by atoms with Gasteiger partial charge in [0.2, 0.25) is 5.91 Å². The normalized spacial score (nSPS) is 15.1. The van der Waals surface area contributed by atoms with Crippen molar-refractivity contribution in [2.24, 2.45) is 0 Å². The van der Waals surface area contributed by atoms with Crippen molar-refractivity contribution in [1.29, 1.82) is 0 Å². The molecule has 0 saturated carbocycles. The molecule has 4 rings (SSSR count). The zero-order chi connectivity index (χ0) is 22.7. The first-order valence-electron chi connectivity index (χ1n) is 10.1. The Morgan fingerprint density at radius 3 is 2.66 bits per heavy atom. The van der Waals surface area contributed by atoms with Crippen molar-refractivity contribution in [3.05, 3.63) is 75.3 Å². The highest BCUT2D eigenvalue weighted by Crippen LogP contribution is 2.38. The zero-order valence-electron chi connectivity index (χ0n) is 17.6. The van der Waals surface area contributed by atoms with Crippen LogP contribution in [0.3, 0.4) is 0 Å². The quantitative estimate of drug-likeness (QED) is 0.412. The number of hydrogen-bond donors (Lipinski definition) is 2. The third-order valence-corrected chi connectivity index (χ3v) is 6.05. The molecule has 1 aromatic heterocycles. The van der Waals surface area contributed by atoms with Gasteiger partial charge in [-0.3, -0.25) is 9.59 Å². The van der Waals surface area contributed by atoms with E-state index < -0.39 is 5.92 Å². The lowest BCUT2D eigenvalue weighted by molar-refractivity contribution is -0.116. The molecule has 1 atom stereocenters. The molecule has 166 valence electrons. The number of halogens is 1. The van der Waals surface area contributed by atoms with Crippen molar-refractivity contribution in [2.45, 2.75) is 30.2 Å². The van der Waals surface area contributed by atoms with E-state index in [1.165, 1.54) is 23.9 Å². The number of nitrogens with zero attached hydrogens (tertiary/aromatic N) is 1. The minimum Gasteiger partial charge on any atom is -0.493 e. The fraction of sp³-hybridized carbons (Fsp3) is 0.261. The molecule has 0 bridgehead atoms. The van der Waals surface area contributed by atoms with Crippen molar-refractivity contribution >= 4 is 23.5 Å². The number of H-pyrrole nitrogens is 1. The lowest BCUT2D eigenvalue weighted by Gasteiger charge is -2.25. The van der Waals surface area contributed by atoms with Gasteiger partial charge in [-0.1, -0.05) is 30.0 Å². The number of carbonyl (C=O) groups is 1. The van der Waals surface area contributed by atoms with E-state index in [1.807, 2.05) is 13.0 Å². The standard InChI is InChI=1S/C23H22FN3O4S/c1-3-31-17-9-6-14(10-18(17)30-2)16-11-19(28)25-21-20(16)22(29)27-23(26-21)32-12-13-4-7-15(24)8-5-13/h4-10,16H,3,11-12H2,1-2H3,(H2,25,26,27,28,29)/t16-/m1/s1. The molecule has 0 aliphatic carbocycles. The lowest BCUT2D eigenvalue weighted by Crippen LogP contribution is -2.31. The number of carbonyl (C=O) groups excluding carboxylic acids is 1. The van der Waals surface area contributed by atoms with E-state index >= 15 is 0 Å². The Bertz CT molecular complexity index is 1200. The van der Waals surface area contributed by atoms with Gasteiger partial charge in [0, 0.05) is 18.1 Å². The van der Waals surface area contributed by atoms with E-state index in [1.54, 1.807) is 31.4 Å². The number of thioether (sulfide) groups is 1. The molecule has 1 aliphatic rings. The van der Waals surface area contributed by atoms with Gasteiger partial charge < -0.3 is 19.8 Å². The average Bonchev–Trinajstić information content (AvgIpc) is 2.78. The summed E-state index contributed by atoms with van der Waals surface area (Å²) >= 11 is 1.30. The van der Waals surface area contributed by atoms with Crippen molar-refractivity contribution in [2.75, 3.05) is 19.0 Å². The molecule has 1 aliphatic heterocycles. The molecule has 3 aromatic rings. The summed E-state index contributed by atoms with van der Waals surface area (Å²) in [6, 6.07) is 11.5. The number of amides is 1. The fourth-order valence-corrected chi connectivity index (χ4v) is 4.43. The van der Waals surface area contributed by atoms with Gasteiger partial charge in [-0.15, -0.1) is 0 Å². The Balaban J connectivity index is 1.64. The van der Waals surface area contributed by atoms with Crippen LogP contribution in [-0.4, -0.2) is 29.6 Å². The van der Waals surface area contributed by atoms with Crippen LogP contribution in [0.2, 0.25) is 0 Å². The Hall–Kier alpha value is -3.33. The summed E-state index contributed by atoms with van der Waals surface area (Å²) in [7, 11) is 1.54. The molecule has 0 spiro atoms. The van der Waals surface area contributed by atoms with Gasteiger partial charge in [0.1, 0.15) is 11.6 Å². The number of methoxy groups -OCH3 is 1. The van der Waals surface area contributed by atoms with Crippen molar-refractivity contribution in [1.82, 2.24) is 9.97 Å². The van der Waals surface area contributed by atoms with Crippen LogP contribution >= 0.6 is 11.8 Å². The second-order valence-corrected chi connectivity index (χ2v) is 8.16. The summed E-state index contributed by atoms with van der Waals surface area (Å²) in [5, 5.41) is 3.10. The third-order valence-electron chi connectivity index (χ3n) is 5.11. The maximum Gasteiger partial charge on any atom is 0.257 e. The van der Waals surface area contributed by atoms with Crippen molar-refractivity contribution in [3.8, 4) is 11.5 Å². The van der Waals surface area contributed by atoms with E-state index in [-0.39, 0.29) is 29.5 Å². The van der Waals surface area contributed by atoms with Gasteiger partial charge in [0.05, 0.1) is 19.3 Å². The SMILES string of the molecule is CCOc1ccc([C@H]2CC(=O)Nc3nc(SCc4ccc(F)cc4)[nH]c(=O)c32)cc1OC. The van der Waals surface area contributed by atoms with Crippen molar-refractivity contribution < 1.29 is 18.7 Å². The average molecular weight is 456 g/mol. The summed E-state index contributed by atoms with van der Waals surface area (Å²) in [5.74, 6) is 0.892. The van der Waals surface area contributed by atoms with Gasteiger partial charge >= 0.3 is 0 Å². The van der Waals surface area contributed by atoms with Crippen LogP contribution in [0.5, 0.6) is 11.5 Å². The van der Waals surface area contributed by atoms with E-state index in [4.69, 9.17) is 9.47 Å². The Labute approximate surface area is 188 Å². The molecule has 0 radical (unpaired) electrons. The van der Waals surface area contributed by atoms with E-state index in [0.29, 0.717) is 34.6 Å². The summed E-state index contributed by atoms with van der Waals surface area (Å²) < 4.78 is 24.1. The topological polar surface area (TPSA) is 93.3 Å². The first-order chi connectivity index (χ1) is 15.5. The summed E-state index contributed by atoms with van der Waals surface area (Å²) in [5.41, 5.74) is 1.75. The highest BCUT2D eigenvalue weighted by molar-refractivity contribution is 7.98. The second-order valence-electron chi connectivity index (χ2n) is 7.20. The molecule has 2 aromatic carbocycles. The minimum absolute atomic E-state index is 0.122. The highest BCUT2D eigenvalue weighted by atomic mass is 32.2. The number of nitrogens with one attached hydrogen (secondary N) is 2. The van der Waals surface area contributed by atoms with Crippen LogP contribution in [-0.2, 0) is 10.5 Å². The molecule has 9 heteroatoms. The van der Waals surface area contributed by atoms with E-state index in [0.717, 1.165) is 11.1 Å². The zero-order valence-corrected chi connectivity index (χ0v) is 18.4. The van der Waals surface area contributed by atoms with E-state index in [9.17, 15) is 14.0 Å². The monoisotopic (exact) mass is 455 g/mol. The number of hydrogen-bond acceptors (Lipinski definition) is 6. The number of rotatable bonds is 7. The molecule has 2 N–H and O–H groups in total. The van der Waals surface area contributed by atoms with Crippen molar-refractivity contribution in [3.63, 3.8) is 0 Å². The molecule has 7 nitrogen and oxygen atoms in total. The lowest BCUT2D eigenvalue weighted by atomic mass is 9.86. The number of benzene rings is 2. The summed E-state index contributed by atoms with van der Waals surface area (Å²) in [6.07, 6.45) is 0.122. The molecule has 1 amide bonds. The first-order valence-corrected chi connectivity index (χ1v) is 11.1. The van der Waals surface area contributed by atoms with Crippen LogP contribution < -0.4 is 20.3 Å². The number of aromatic nitrogens is 2. The first kappa shape index (κ1) is 21.9. The molecular formula is C23H22FN3O4S. The van der Waals surface area contributed by atoms with E-state index in [2.05, 4.69) is 15.3 Å². The van der Waals surface area contributed by atoms with Crippen LogP contribution in [0.1, 0.15) is 36.0 Å².